The number of unbranched alkanes of at least 4 members (excludes halogenated alkanes) is 21. The minimum atomic E-state index is -3.89. The number of hydrogen-bond donors (Lipinski definition) is 1. The molecule has 0 aliphatic carbocycles. The van der Waals surface area contributed by atoms with E-state index in [1.54, 1.807) is 0 Å². The van der Waals surface area contributed by atoms with Crippen LogP contribution in [-0.2, 0) is 13.6 Å². The Bertz CT molecular complexity index is 643. The Morgan fingerprint density at radius 1 is 0.439 bits per heavy atom. The Morgan fingerprint density at radius 2 is 0.732 bits per heavy atom. The third-order valence-electron chi connectivity index (χ3n) is 7.51. The van der Waals surface area contributed by atoms with Gasteiger partial charge in [0.25, 0.3) is 0 Å². The van der Waals surface area contributed by atoms with Crippen molar-refractivity contribution in [1.82, 2.24) is 0 Å². The fraction of sp³-hybridized carbons (Fsp3) is 0.833. The smallest absolute Gasteiger partial charge is 0.302 e. The van der Waals surface area contributed by atoms with Gasteiger partial charge in [-0.3, -0.25) is 9.05 Å². The van der Waals surface area contributed by atoms with E-state index < -0.39 is 7.82 Å². The van der Waals surface area contributed by atoms with Gasteiger partial charge in [0.15, 0.2) is 0 Å². The molecule has 0 heterocycles. The summed E-state index contributed by atoms with van der Waals surface area (Å²) in [6.45, 7) is 5.12. The van der Waals surface area contributed by atoms with Gasteiger partial charge in [-0.1, -0.05) is 147 Å². The normalized spacial score (nSPS) is 13.7. The molecule has 0 rings (SSSR count). The molecule has 242 valence electrons. The third kappa shape index (κ3) is 35.4. The lowest BCUT2D eigenvalue weighted by Crippen LogP contribution is -1.99. The summed E-state index contributed by atoms with van der Waals surface area (Å²) in [6, 6.07) is 0. The maximum absolute atomic E-state index is 12.0. The fourth-order valence-corrected chi connectivity index (χ4v) is 5.63. The van der Waals surface area contributed by atoms with Crippen LogP contribution in [0, 0.1) is 0 Å². The minimum Gasteiger partial charge on any atom is -0.302 e. The van der Waals surface area contributed by atoms with Gasteiger partial charge in [0.1, 0.15) is 0 Å². The quantitative estimate of drug-likeness (QED) is 0.0465. The molecular formula is C36H69O4P. The first-order valence-electron chi connectivity index (χ1n) is 17.7. The number of rotatable bonds is 33. The predicted molar refractivity (Wildman–Crippen MR) is 181 cm³/mol. The zero-order chi connectivity index (χ0) is 30.0. The van der Waals surface area contributed by atoms with E-state index in [9.17, 15) is 9.46 Å². The van der Waals surface area contributed by atoms with Crippen LogP contribution in [0.4, 0.5) is 0 Å². The minimum absolute atomic E-state index is 0.301. The molecule has 0 saturated heterocycles. The summed E-state index contributed by atoms with van der Waals surface area (Å²) >= 11 is 0. The van der Waals surface area contributed by atoms with Crippen molar-refractivity contribution in [3.63, 3.8) is 0 Å². The molecule has 1 unspecified atom stereocenters. The van der Waals surface area contributed by atoms with Crippen molar-refractivity contribution in [2.45, 2.75) is 181 Å². The summed E-state index contributed by atoms with van der Waals surface area (Å²) in [5.41, 5.74) is 0. The molecule has 0 fully saturated rings. The van der Waals surface area contributed by atoms with Gasteiger partial charge in [0, 0.05) is 0 Å². The van der Waals surface area contributed by atoms with Gasteiger partial charge in [-0.15, -0.1) is 0 Å². The molecule has 5 heteroatoms. The molecule has 4 nitrogen and oxygen atoms in total. The van der Waals surface area contributed by atoms with E-state index in [0.717, 1.165) is 51.4 Å². The zero-order valence-corrected chi connectivity index (χ0v) is 28.3. The molecule has 0 aromatic heterocycles. The first kappa shape index (κ1) is 40.3. The monoisotopic (exact) mass is 596 g/mol. The summed E-state index contributed by atoms with van der Waals surface area (Å²) in [7, 11) is -3.89. The van der Waals surface area contributed by atoms with Crippen LogP contribution < -0.4 is 0 Å². The highest BCUT2D eigenvalue weighted by atomic mass is 31.2. The van der Waals surface area contributed by atoms with Crippen LogP contribution in [0.2, 0.25) is 0 Å². The Kier molecular flexibility index (Phi) is 33.3. The number of hydrogen-bond acceptors (Lipinski definition) is 3. The Hall–Kier alpha value is -0.670. The van der Waals surface area contributed by atoms with E-state index in [1.165, 1.54) is 116 Å². The molecule has 0 spiro atoms. The number of phosphoric ester groups is 1. The lowest BCUT2D eigenvalue weighted by molar-refractivity contribution is 0.145. The van der Waals surface area contributed by atoms with E-state index in [1.807, 2.05) is 0 Å². The van der Waals surface area contributed by atoms with Gasteiger partial charge in [-0.2, -0.15) is 0 Å². The first-order valence-corrected chi connectivity index (χ1v) is 19.2. The second-order valence-electron chi connectivity index (χ2n) is 11.7. The van der Waals surface area contributed by atoms with E-state index >= 15 is 0 Å². The van der Waals surface area contributed by atoms with Crippen LogP contribution in [0.3, 0.4) is 0 Å². The molecule has 41 heavy (non-hydrogen) atoms. The molecule has 0 bridgehead atoms. The van der Waals surface area contributed by atoms with Gasteiger partial charge in [0.05, 0.1) is 13.2 Å². The van der Waals surface area contributed by atoms with Crippen molar-refractivity contribution in [3.05, 3.63) is 36.5 Å². The van der Waals surface area contributed by atoms with Crippen LogP contribution in [0.1, 0.15) is 181 Å². The van der Waals surface area contributed by atoms with Crippen LogP contribution in [0.15, 0.2) is 36.5 Å². The molecule has 0 aromatic rings. The van der Waals surface area contributed by atoms with Gasteiger partial charge in [0.2, 0.25) is 0 Å². The average Bonchev–Trinajstić information content (AvgIpc) is 2.96. The molecule has 1 atom stereocenters. The largest absolute Gasteiger partial charge is 0.472 e. The molecule has 0 saturated carbocycles. The van der Waals surface area contributed by atoms with E-state index in [0.29, 0.717) is 13.2 Å². The molecule has 0 aliphatic heterocycles. The second kappa shape index (κ2) is 33.8. The molecule has 0 aliphatic rings. The summed E-state index contributed by atoms with van der Waals surface area (Å²) in [5, 5.41) is 0. The van der Waals surface area contributed by atoms with Crippen molar-refractivity contribution in [2.24, 2.45) is 0 Å². The van der Waals surface area contributed by atoms with Crippen molar-refractivity contribution in [1.29, 1.82) is 0 Å². The Labute approximate surface area is 256 Å². The van der Waals surface area contributed by atoms with Crippen LogP contribution in [-0.4, -0.2) is 18.1 Å². The van der Waals surface area contributed by atoms with Crippen molar-refractivity contribution in [3.8, 4) is 0 Å². The highest BCUT2D eigenvalue weighted by molar-refractivity contribution is 7.47. The zero-order valence-electron chi connectivity index (χ0n) is 27.4. The molecule has 1 N–H and O–H groups in total. The average molecular weight is 597 g/mol. The summed E-state index contributed by atoms with van der Waals surface area (Å²) in [4.78, 5) is 9.86. The van der Waals surface area contributed by atoms with Gasteiger partial charge >= 0.3 is 7.82 Å². The summed E-state index contributed by atoms with van der Waals surface area (Å²) in [6.07, 6.45) is 45.4. The summed E-state index contributed by atoms with van der Waals surface area (Å²) in [5.74, 6) is 0. The van der Waals surface area contributed by atoms with Crippen molar-refractivity contribution in [2.75, 3.05) is 13.2 Å². The Morgan fingerprint density at radius 3 is 1.15 bits per heavy atom. The SMILES string of the molecule is CCCCCC=CCC=CCCCCCCCCOP(=O)(O)OCCCCCCCCC=CCCCCCCCC. The van der Waals surface area contributed by atoms with Gasteiger partial charge in [-0.25, -0.2) is 4.57 Å². The van der Waals surface area contributed by atoms with Crippen LogP contribution in [0.25, 0.3) is 0 Å². The second-order valence-corrected chi connectivity index (χ2v) is 13.1. The topological polar surface area (TPSA) is 55.8 Å². The Balaban J connectivity index is 3.38. The van der Waals surface area contributed by atoms with Crippen LogP contribution >= 0.6 is 7.82 Å². The van der Waals surface area contributed by atoms with E-state index in [4.69, 9.17) is 9.05 Å². The molecular weight excluding hydrogens is 527 g/mol. The molecule has 0 radical (unpaired) electrons. The highest BCUT2D eigenvalue weighted by Crippen LogP contribution is 2.43. The van der Waals surface area contributed by atoms with Gasteiger partial charge in [-0.05, 0) is 70.6 Å². The number of phosphoric acid groups is 1. The van der Waals surface area contributed by atoms with Gasteiger partial charge < -0.3 is 4.89 Å². The maximum atomic E-state index is 12.0. The van der Waals surface area contributed by atoms with Crippen molar-refractivity contribution >= 4 is 7.82 Å². The number of allylic oxidation sites excluding steroid dienone is 6. The highest BCUT2D eigenvalue weighted by Gasteiger charge is 2.19. The molecule has 0 amide bonds. The lowest BCUT2D eigenvalue weighted by atomic mass is 10.1. The maximum Gasteiger partial charge on any atom is 0.472 e. The lowest BCUT2D eigenvalue weighted by Gasteiger charge is -2.12. The van der Waals surface area contributed by atoms with E-state index in [-0.39, 0.29) is 0 Å². The predicted octanol–water partition coefficient (Wildman–Crippen LogP) is 13.0. The first-order chi connectivity index (χ1) is 20.1. The van der Waals surface area contributed by atoms with Crippen LogP contribution in [0.5, 0.6) is 0 Å². The fourth-order valence-electron chi connectivity index (χ4n) is 4.84. The van der Waals surface area contributed by atoms with Crippen molar-refractivity contribution < 1.29 is 18.5 Å². The standard InChI is InChI=1S/C36H69O4P/c1-3-5-7-9-11-13-15-17-19-21-23-25-27-29-31-33-35-39-41(37,38)40-36-34-32-30-28-26-24-22-20-18-16-14-12-10-8-6-4-2/h11,13,17-20H,3-10,12,14-16,21-36H2,1-2H3,(H,37,38). The van der Waals surface area contributed by atoms with E-state index in [2.05, 4.69) is 50.3 Å². The third-order valence-corrected chi connectivity index (χ3v) is 8.53. The summed E-state index contributed by atoms with van der Waals surface area (Å²) < 4.78 is 22.3. The molecule has 0 aromatic carbocycles.